The van der Waals surface area contributed by atoms with Gasteiger partial charge in [0, 0.05) is 24.2 Å². The molecule has 3 N–H and O–H groups in total. The van der Waals surface area contributed by atoms with Gasteiger partial charge < -0.3 is 20.5 Å². The van der Waals surface area contributed by atoms with Gasteiger partial charge in [0.1, 0.15) is 0 Å². The Bertz CT molecular complexity index is 389. The van der Waals surface area contributed by atoms with Crippen molar-refractivity contribution in [3.8, 4) is 11.5 Å². The summed E-state index contributed by atoms with van der Waals surface area (Å²) in [4.78, 5) is 0. The van der Waals surface area contributed by atoms with E-state index in [-0.39, 0.29) is 0 Å². The molecule has 1 fully saturated rings. The number of rotatable bonds is 3. The van der Waals surface area contributed by atoms with Gasteiger partial charge in [-0.2, -0.15) is 0 Å². The van der Waals surface area contributed by atoms with Crippen LogP contribution in [0.2, 0.25) is 0 Å². The summed E-state index contributed by atoms with van der Waals surface area (Å²) in [6, 6.07) is 6.95. The summed E-state index contributed by atoms with van der Waals surface area (Å²) in [5.74, 6) is 1.74. The highest BCUT2D eigenvalue weighted by Crippen LogP contribution is 2.35. The average molecular weight is 220 g/mol. The van der Waals surface area contributed by atoms with Gasteiger partial charge in [0.05, 0.1) is 0 Å². The van der Waals surface area contributed by atoms with Crippen molar-refractivity contribution in [2.45, 2.75) is 31.5 Å². The summed E-state index contributed by atoms with van der Waals surface area (Å²) in [7, 11) is 0. The van der Waals surface area contributed by atoms with Gasteiger partial charge in [0.2, 0.25) is 6.79 Å². The van der Waals surface area contributed by atoms with Crippen LogP contribution in [0.25, 0.3) is 0 Å². The van der Waals surface area contributed by atoms with Crippen LogP contribution in [0.3, 0.4) is 0 Å². The van der Waals surface area contributed by atoms with Crippen LogP contribution < -0.4 is 20.5 Å². The van der Waals surface area contributed by atoms with Crippen LogP contribution in [0.15, 0.2) is 18.2 Å². The topological polar surface area (TPSA) is 56.5 Å². The van der Waals surface area contributed by atoms with Crippen molar-refractivity contribution in [1.29, 1.82) is 0 Å². The molecule has 0 bridgehead atoms. The third-order valence-corrected chi connectivity index (χ3v) is 3.23. The first kappa shape index (κ1) is 9.93. The lowest BCUT2D eigenvalue weighted by molar-refractivity contribution is 0.173. The summed E-state index contributed by atoms with van der Waals surface area (Å²) < 4.78 is 10.8. The predicted molar refractivity (Wildman–Crippen MR) is 60.4 cm³/mol. The lowest BCUT2D eigenvalue weighted by Crippen LogP contribution is -2.48. The van der Waals surface area contributed by atoms with Crippen LogP contribution in [-0.2, 0) is 6.54 Å². The van der Waals surface area contributed by atoms with Crippen LogP contribution in [0.5, 0.6) is 11.5 Å². The second kappa shape index (κ2) is 3.96. The molecule has 1 aliphatic heterocycles. The molecule has 4 nitrogen and oxygen atoms in total. The van der Waals surface area contributed by atoms with E-state index in [1.54, 1.807) is 0 Å². The fourth-order valence-corrected chi connectivity index (χ4v) is 2.21. The highest BCUT2D eigenvalue weighted by atomic mass is 16.7. The molecule has 2 aliphatic rings. The van der Waals surface area contributed by atoms with E-state index < -0.39 is 0 Å². The highest BCUT2D eigenvalue weighted by Gasteiger charge is 2.26. The van der Waals surface area contributed by atoms with Gasteiger partial charge in [-0.3, -0.25) is 0 Å². The van der Waals surface area contributed by atoms with E-state index in [0.29, 0.717) is 18.9 Å². The fraction of sp³-hybridized carbons (Fsp3) is 0.500. The first-order valence-electron chi connectivity index (χ1n) is 5.69. The van der Waals surface area contributed by atoms with E-state index >= 15 is 0 Å². The maximum absolute atomic E-state index is 5.74. The molecule has 0 atom stereocenters. The van der Waals surface area contributed by atoms with E-state index in [2.05, 4.69) is 11.4 Å². The Kier molecular flexibility index (Phi) is 2.46. The summed E-state index contributed by atoms with van der Waals surface area (Å²) in [6.07, 6.45) is 2.15. The van der Waals surface area contributed by atoms with Gasteiger partial charge in [-0.15, -0.1) is 0 Å². The zero-order valence-corrected chi connectivity index (χ0v) is 9.11. The number of nitrogens with one attached hydrogen (secondary N) is 1. The summed E-state index contributed by atoms with van der Waals surface area (Å²) in [5, 5.41) is 3.48. The van der Waals surface area contributed by atoms with Crippen molar-refractivity contribution in [2.24, 2.45) is 5.73 Å². The normalized spacial score (nSPS) is 26.6. The average Bonchev–Trinajstić information content (AvgIpc) is 2.71. The smallest absolute Gasteiger partial charge is 0.231 e. The van der Waals surface area contributed by atoms with Crippen molar-refractivity contribution in [2.75, 3.05) is 6.79 Å². The van der Waals surface area contributed by atoms with Gasteiger partial charge in [0.15, 0.2) is 11.5 Å². The van der Waals surface area contributed by atoms with E-state index in [9.17, 15) is 0 Å². The molecule has 0 aromatic heterocycles. The zero-order chi connectivity index (χ0) is 11.0. The molecule has 4 heteroatoms. The lowest BCUT2D eigenvalue weighted by atomic mass is 9.87. The van der Waals surface area contributed by atoms with Gasteiger partial charge in [-0.05, 0) is 18.9 Å². The van der Waals surface area contributed by atoms with Gasteiger partial charge in [-0.25, -0.2) is 0 Å². The first-order chi connectivity index (χ1) is 7.83. The first-order valence-corrected chi connectivity index (χ1v) is 5.69. The SMILES string of the molecule is NC1CC(NCc2cccc3c2OCO3)C1. The Balaban J connectivity index is 1.64. The minimum atomic E-state index is 0.334. The maximum atomic E-state index is 5.74. The molecule has 16 heavy (non-hydrogen) atoms. The fourth-order valence-electron chi connectivity index (χ4n) is 2.21. The Labute approximate surface area is 94.7 Å². The lowest BCUT2D eigenvalue weighted by Gasteiger charge is -2.33. The predicted octanol–water partition coefficient (Wildman–Crippen LogP) is 0.995. The third-order valence-electron chi connectivity index (χ3n) is 3.23. The van der Waals surface area contributed by atoms with Crippen LogP contribution in [0.1, 0.15) is 18.4 Å². The second-order valence-electron chi connectivity index (χ2n) is 4.46. The van der Waals surface area contributed by atoms with Crippen LogP contribution in [-0.4, -0.2) is 18.9 Å². The Morgan fingerprint density at radius 3 is 3.00 bits per heavy atom. The molecule has 86 valence electrons. The minimum absolute atomic E-state index is 0.334. The van der Waals surface area contributed by atoms with Crippen LogP contribution in [0.4, 0.5) is 0 Å². The molecular weight excluding hydrogens is 204 g/mol. The third kappa shape index (κ3) is 1.74. The number of ether oxygens (including phenoxy) is 2. The summed E-state index contributed by atoms with van der Waals surface area (Å²) in [6.45, 7) is 1.16. The van der Waals surface area contributed by atoms with Crippen LogP contribution in [0, 0.1) is 0 Å². The monoisotopic (exact) mass is 220 g/mol. The number of hydrogen-bond donors (Lipinski definition) is 2. The molecule has 1 saturated carbocycles. The molecule has 1 heterocycles. The van der Waals surface area contributed by atoms with Gasteiger partial charge in [0.25, 0.3) is 0 Å². The molecular formula is C12H16N2O2. The molecule has 0 amide bonds. The number of nitrogens with two attached hydrogens (primary N) is 1. The van der Waals surface area contributed by atoms with E-state index in [1.807, 2.05) is 12.1 Å². The van der Waals surface area contributed by atoms with E-state index in [1.165, 1.54) is 0 Å². The summed E-state index contributed by atoms with van der Waals surface area (Å²) >= 11 is 0. The molecule has 0 saturated heterocycles. The molecule has 1 aromatic rings. The minimum Gasteiger partial charge on any atom is -0.454 e. The number of para-hydroxylation sites is 1. The molecule has 0 unspecified atom stereocenters. The number of fused-ring (bicyclic) bond motifs is 1. The van der Waals surface area contributed by atoms with Gasteiger partial charge >= 0.3 is 0 Å². The Hall–Kier alpha value is -1.26. The Morgan fingerprint density at radius 2 is 2.19 bits per heavy atom. The quantitative estimate of drug-likeness (QED) is 0.797. The standard InChI is InChI=1S/C12H16N2O2/c13-9-4-10(5-9)14-6-8-2-1-3-11-12(8)16-7-15-11/h1-3,9-10,14H,4-7,13H2. The maximum Gasteiger partial charge on any atom is 0.231 e. The highest BCUT2D eigenvalue weighted by molar-refractivity contribution is 5.48. The van der Waals surface area contributed by atoms with E-state index in [4.69, 9.17) is 15.2 Å². The van der Waals surface area contributed by atoms with E-state index in [0.717, 1.165) is 36.4 Å². The van der Waals surface area contributed by atoms with Crippen LogP contribution >= 0.6 is 0 Å². The Morgan fingerprint density at radius 1 is 1.31 bits per heavy atom. The number of hydrogen-bond acceptors (Lipinski definition) is 4. The van der Waals surface area contributed by atoms with Crippen molar-refractivity contribution in [1.82, 2.24) is 5.32 Å². The molecule has 0 spiro atoms. The number of benzene rings is 1. The zero-order valence-electron chi connectivity index (χ0n) is 9.11. The molecule has 1 aromatic carbocycles. The van der Waals surface area contributed by atoms with Crippen molar-refractivity contribution in [3.63, 3.8) is 0 Å². The van der Waals surface area contributed by atoms with Crippen molar-refractivity contribution >= 4 is 0 Å². The van der Waals surface area contributed by atoms with Gasteiger partial charge in [-0.1, -0.05) is 12.1 Å². The molecule has 1 aliphatic carbocycles. The molecule has 0 radical (unpaired) electrons. The second-order valence-corrected chi connectivity index (χ2v) is 4.46. The largest absolute Gasteiger partial charge is 0.454 e. The van der Waals surface area contributed by atoms with Crippen molar-refractivity contribution < 1.29 is 9.47 Å². The summed E-state index contributed by atoms with van der Waals surface area (Å²) in [5.41, 5.74) is 6.91. The molecule has 3 rings (SSSR count). The van der Waals surface area contributed by atoms with Crippen molar-refractivity contribution in [3.05, 3.63) is 23.8 Å².